The highest BCUT2D eigenvalue weighted by molar-refractivity contribution is 5.80. The van der Waals surface area contributed by atoms with E-state index in [1.807, 2.05) is 7.05 Å². The number of hydrogen-bond donors (Lipinski definition) is 2. The predicted molar refractivity (Wildman–Crippen MR) is 111 cm³/mol. The molecule has 0 radical (unpaired) electrons. The summed E-state index contributed by atoms with van der Waals surface area (Å²) >= 11 is 0. The Bertz CT molecular complexity index is 449. The minimum atomic E-state index is 0.310. The molecule has 26 heavy (non-hydrogen) atoms. The average molecular weight is 364 g/mol. The Morgan fingerprint density at radius 2 is 1.77 bits per heavy atom. The van der Waals surface area contributed by atoms with Crippen molar-refractivity contribution in [1.29, 1.82) is 0 Å². The third kappa shape index (κ3) is 5.13. The van der Waals surface area contributed by atoms with Crippen LogP contribution in [0.3, 0.4) is 0 Å². The van der Waals surface area contributed by atoms with Crippen molar-refractivity contribution < 1.29 is 0 Å². The molecule has 0 bridgehead atoms. The Morgan fingerprint density at radius 1 is 1.04 bits per heavy atom. The van der Waals surface area contributed by atoms with Gasteiger partial charge < -0.3 is 15.5 Å². The van der Waals surface area contributed by atoms with Crippen molar-refractivity contribution in [2.75, 3.05) is 46.8 Å². The molecule has 5 nitrogen and oxygen atoms in total. The molecule has 0 spiro atoms. The van der Waals surface area contributed by atoms with E-state index in [-0.39, 0.29) is 0 Å². The molecule has 1 saturated carbocycles. The number of aliphatic imine (C=N–C) groups is 1. The normalized spacial score (nSPS) is 31.6. The van der Waals surface area contributed by atoms with E-state index in [0.717, 1.165) is 18.4 Å². The van der Waals surface area contributed by atoms with Gasteiger partial charge >= 0.3 is 0 Å². The van der Waals surface area contributed by atoms with Crippen LogP contribution in [0.25, 0.3) is 0 Å². The molecule has 0 amide bonds. The van der Waals surface area contributed by atoms with Gasteiger partial charge in [0.15, 0.2) is 5.96 Å². The van der Waals surface area contributed by atoms with E-state index in [9.17, 15) is 0 Å². The topological polar surface area (TPSA) is 42.9 Å². The molecule has 1 aliphatic carbocycles. The lowest BCUT2D eigenvalue weighted by atomic mass is 9.84. The van der Waals surface area contributed by atoms with Gasteiger partial charge in [0.05, 0.1) is 0 Å². The van der Waals surface area contributed by atoms with Crippen LogP contribution in [0.15, 0.2) is 4.99 Å². The van der Waals surface area contributed by atoms with Crippen LogP contribution in [0.4, 0.5) is 0 Å². The van der Waals surface area contributed by atoms with E-state index < -0.39 is 0 Å². The SMILES string of the molecule is CN=C(NCC1(N2CCCCC2)CCN(C)CC1)NC1CCCC(C)C1. The predicted octanol–water partition coefficient (Wildman–Crippen LogP) is 2.68. The second kappa shape index (κ2) is 9.41. The van der Waals surface area contributed by atoms with Crippen molar-refractivity contribution in [1.82, 2.24) is 20.4 Å². The molecular formula is C21H41N5. The van der Waals surface area contributed by atoms with E-state index >= 15 is 0 Å². The number of rotatable bonds is 4. The number of nitrogens with one attached hydrogen (secondary N) is 2. The molecule has 2 N–H and O–H groups in total. The number of guanidine groups is 1. The highest BCUT2D eigenvalue weighted by Gasteiger charge is 2.39. The van der Waals surface area contributed by atoms with Gasteiger partial charge in [-0.2, -0.15) is 0 Å². The third-order valence-corrected chi connectivity index (χ3v) is 7.03. The highest BCUT2D eigenvalue weighted by atomic mass is 15.3. The summed E-state index contributed by atoms with van der Waals surface area (Å²) < 4.78 is 0. The second-order valence-electron chi connectivity index (χ2n) is 9.11. The molecule has 3 rings (SSSR count). The summed E-state index contributed by atoms with van der Waals surface area (Å²) in [7, 11) is 4.18. The molecule has 2 saturated heterocycles. The van der Waals surface area contributed by atoms with Gasteiger partial charge in [0.25, 0.3) is 0 Å². The molecule has 0 aromatic heterocycles. The van der Waals surface area contributed by atoms with Crippen LogP contribution in [-0.4, -0.2) is 74.2 Å². The Balaban J connectivity index is 1.58. The summed E-state index contributed by atoms with van der Waals surface area (Å²) in [6, 6.07) is 0.591. The largest absolute Gasteiger partial charge is 0.355 e. The summed E-state index contributed by atoms with van der Waals surface area (Å²) in [5.41, 5.74) is 0.310. The van der Waals surface area contributed by atoms with Crippen molar-refractivity contribution >= 4 is 5.96 Å². The number of nitrogens with zero attached hydrogens (tertiary/aromatic N) is 3. The Kier molecular flexibility index (Phi) is 7.21. The summed E-state index contributed by atoms with van der Waals surface area (Å²) in [5.74, 6) is 1.85. The van der Waals surface area contributed by atoms with E-state index in [0.29, 0.717) is 11.6 Å². The molecule has 2 unspecified atom stereocenters. The van der Waals surface area contributed by atoms with Crippen LogP contribution in [-0.2, 0) is 0 Å². The van der Waals surface area contributed by atoms with Gasteiger partial charge in [0.1, 0.15) is 0 Å². The lowest BCUT2D eigenvalue weighted by Gasteiger charge is -2.50. The molecule has 2 atom stereocenters. The van der Waals surface area contributed by atoms with E-state index in [2.05, 4.69) is 39.4 Å². The van der Waals surface area contributed by atoms with Gasteiger partial charge in [-0.25, -0.2) is 0 Å². The minimum Gasteiger partial charge on any atom is -0.355 e. The third-order valence-electron chi connectivity index (χ3n) is 7.03. The maximum Gasteiger partial charge on any atom is 0.191 e. The molecule has 3 fully saturated rings. The van der Waals surface area contributed by atoms with E-state index in [1.54, 1.807) is 0 Å². The highest BCUT2D eigenvalue weighted by Crippen LogP contribution is 2.31. The second-order valence-corrected chi connectivity index (χ2v) is 9.11. The Labute approximate surface area is 161 Å². The van der Waals surface area contributed by atoms with Crippen LogP contribution in [0.2, 0.25) is 0 Å². The summed E-state index contributed by atoms with van der Waals surface area (Å²) in [5, 5.41) is 7.45. The van der Waals surface area contributed by atoms with Crippen LogP contribution in [0, 0.1) is 5.92 Å². The molecule has 0 aromatic carbocycles. The molecule has 2 heterocycles. The lowest BCUT2D eigenvalue weighted by Crippen LogP contribution is -2.62. The maximum atomic E-state index is 4.55. The minimum absolute atomic E-state index is 0.310. The van der Waals surface area contributed by atoms with Gasteiger partial charge in [-0.15, -0.1) is 0 Å². The molecule has 0 aromatic rings. The van der Waals surface area contributed by atoms with Crippen LogP contribution in [0.5, 0.6) is 0 Å². The first kappa shape index (κ1) is 19.9. The van der Waals surface area contributed by atoms with Crippen molar-refractivity contribution in [2.24, 2.45) is 10.9 Å². The Hall–Kier alpha value is -0.810. The molecule has 5 heteroatoms. The fourth-order valence-corrected chi connectivity index (χ4v) is 5.21. The van der Waals surface area contributed by atoms with Gasteiger partial charge in [0.2, 0.25) is 0 Å². The Morgan fingerprint density at radius 3 is 2.42 bits per heavy atom. The van der Waals surface area contributed by atoms with Crippen molar-refractivity contribution in [2.45, 2.75) is 76.3 Å². The van der Waals surface area contributed by atoms with Crippen molar-refractivity contribution in [3.05, 3.63) is 0 Å². The van der Waals surface area contributed by atoms with Crippen LogP contribution < -0.4 is 10.6 Å². The van der Waals surface area contributed by atoms with Gasteiger partial charge in [-0.05, 0) is 77.7 Å². The first-order chi connectivity index (χ1) is 12.6. The zero-order valence-corrected chi connectivity index (χ0v) is 17.4. The lowest BCUT2D eigenvalue weighted by molar-refractivity contribution is 0.0172. The van der Waals surface area contributed by atoms with Gasteiger partial charge in [-0.3, -0.25) is 9.89 Å². The van der Waals surface area contributed by atoms with Crippen LogP contribution >= 0.6 is 0 Å². The number of piperidine rings is 2. The zero-order chi connectivity index (χ0) is 18.4. The molecule has 150 valence electrons. The summed E-state index contributed by atoms with van der Waals surface area (Å²) in [6.07, 6.45) is 12.0. The van der Waals surface area contributed by atoms with Crippen LogP contribution in [0.1, 0.15) is 64.7 Å². The van der Waals surface area contributed by atoms with Gasteiger partial charge in [0, 0.05) is 25.2 Å². The summed E-state index contributed by atoms with van der Waals surface area (Å²) in [6.45, 7) is 8.39. The van der Waals surface area contributed by atoms with Gasteiger partial charge in [-0.1, -0.05) is 26.2 Å². The standard InChI is InChI=1S/C21H41N5/c1-18-8-7-9-19(16-18)24-20(22-2)23-17-21(10-14-25(3)15-11-21)26-12-5-4-6-13-26/h18-19H,4-17H2,1-3H3,(H2,22,23,24). The first-order valence-electron chi connectivity index (χ1n) is 11.0. The van der Waals surface area contributed by atoms with E-state index in [4.69, 9.17) is 0 Å². The average Bonchev–Trinajstić information content (AvgIpc) is 2.67. The zero-order valence-electron chi connectivity index (χ0n) is 17.4. The van der Waals surface area contributed by atoms with Crippen molar-refractivity contribution in [3.63, 3.8) is 0 Å². The quantitative estimate of drug-likeness (QED) is 0.595. The number of likely N-dealkylation sites (tertiary alicyclic amines) is 2. The van der Waals surface area contributed by atoms with E-state index in [1.165, 1.54) is 84.0 Å². The smallest absolute Gasteiger partial charge is 0.191 e. The first-order valence-corrected chi connectivity index (χ1v) is 11.0. The molecule has 2 aliphatic heterocycles. The number of hydrogen-bond acceptors (Lipinski definition) is 3. The monoisotopic (exact) mass is 363 g/mol. The molecular weight excluding hydrogens is 322 g/mol. The molecule has 3 aliphatic rings. The maximum absolute atomic E-state index is 4.55. The van der Waals surface area contributed by atoms with Crippen molar-refractivity contribution in [3.8, 4) is 0 Å². The summed E-state index contributed by atoms with van der Waals surface area (Å²) in [4.78, 5) is 9.83. The fourth-order valence-electron chi connectivity index (χ4n) is 5.21. The fraction of sp³-hybridized carbons (Fsp3) is 0.952.